The van der Waals surface area contributed by atoms with Crippen molar-refractivity contribution < 1.29 is 4.74 Å². The molecule has 0 amide bonds. The highest BCUT2D eigenvalue weighted by Gasteiger charge is 2.04. The number of anilines is 1. The van der Waals surface area contributed by atoms with Crippen molar-refractivity contribution in [3.63, 3.8) is 0 Å². The number of nitrogens with two attached hydrogens (primary N) is 1. The number of hydrogen-bond donors (Lipinski definition) is 1. The highest BCUT2D eigenvalue weighted by molar-refractivity contribution is 7.18. The van der Waals surface area contributed by atoms with Gasteiger partial charge >= 0.3 is 0 Å². The summed E-state index contributed by atoms with van der Waals surface area (Å²) >= 11 is 1.47. The van der Waals surface area contributed by atoms with Crippen LogP contribution in [0.2, 0.25) is 0 Å². The van der Waals surface area contributed by atoms with Gasteiger partial charge in [-0.25, -0.2) is 4.98 Å². The largest absolute Gasteiger partial charge is 0.457 e. The van der Waals surface area contributed by atoms with Gasteiger partial charge in [0.15, 0.2) is 5.13 Å². The molecule has 0 aliphatic carbocycles. The zero-order valence-corrected chi connectivity index (χ0v) is 10.9. The quantitative estimate of drug-likeness (QED) is 0.775. The predicted octanol–water partition coefficient (Wildman–Crippen LogP) is 4.18. The van der Waals surface area contributed by atoms with Crippen LogP contribution in [0.3, 0.4) is 0 Å². The minimum absolute atomic E-state index is 0.574. The first kappa shape index (κ1) is 11.7. The van der Waals surface area contributed by atoms with E-state index >= 15 is 0 Å². The van der Waals surface area contributed by atoms with Crippen LogP contribution in [0.25, 0.3) is 10.4 Å². The molecule has 94 valence electrons. The number of thiazole rings is 1. The fraction of sp³-hybridized carbons (Fsp3) is 0. The molecule has 3 nitrogen and oxygen atoms in total. The van der Waals surface area contributed by atoms with E-state index in [0.29, 0.717) is 5.13 Å². The summed E-state index contributed by atoms with van der Waals surface area (Å²) in [6, 6.07) is 17.6. The van der Waals surface area contributed by atoms with Crippen LogP contribution in [0.15, 0.2) is 60.8 Å². The fourth-order valence-corrected chi connectivity index (χ4v) is 2.44. The maximum atomic E-state index is 5.80. The summed E-state index contributed by atoms with van der Waals surface area (Å²) in [5, 5.41) is 0.574. The molecule has 0 radical (unpaired) electrons. The van der Waals surface area contributed by atoms with Gasteiger partial charge in [0, 0.05) is 6.20 Å². The van der Waals surface area contributed by atoms with Crippen molar-refractivity contribution in [2.24, 2.45) is 0 Å². The molecule has 1 aromatic heterocycles. The summed E-state index contributed by atoms with van der Waals surface area (Å²) in [7, 11) is 0. The molecule has 3 aromatic rings. The van der Waals surface area contributed by atoms with Crippen LogP contribution in [0.4, 0.5) is 5.13 Å². The van der Waals surface area contributed by atoms with Crippen LogP contribution in [-0.2, 0) is 0 Å². The summed E-state index contributed by atoms with van der Waals surface area (Å²) in [5.41, 5.74) is 6.71. The third-order valence-corrected chi connectivity index (χ3v) is 3.50. The van der Waals surface area contributed by atoms with Crippen LogP contribution >= 0.6 is 11.3 Å². The Morgan fingerprint density at radius 3 is 2.47 bits per heavy atom. The molecular weight excluding hydrogens is 256 g/mol. The van der Waals surface area contributed by atoms with Gasteiger partial charge < -0.3 is 10.5 Å². The van der Waals surface area contributed by atoms with Crippen molar-refractivity contribution in [3.8, 4) is 21.9 Å². The molecule has 0 aliphatic heterocycles. The Morgan fingerprint density at radius 1 is 0.947 bits per heavy atom. The molecule has 4 heteroatoms. The molecule has 0 atom stereocenters. The van der Waals surface area contributed by atoms with Crippen molar-refractivity contribution >= 4 is 16.5 Å². The van der Waals surface area contributed by atoms with Crippen molar-refractivity contribution in [2.75, 3.05) is 5.73 Å². The number of rotatable bonds is 3. The minimum Gasteiger partial charge on any atom is -0.457 e. The molecule has 0 aliphatic rings. The number of benzene rings is 2. The summed E-state index contributed by atoms with van der Waals surface area (Å²) in [6.45, 7) is 0. The van der Waals surface area contributed by atoms with Gasteiger partial charge in [0.2, 0.25) is 0 Å². The van der Waals surface area contributed by atoms with Crippen LogP contribution in [-0.4, -0.2) is 4.98 Å². The van der Waals surface area contributed by atoms with E-state index in [-0.39, 0.29) is 0 Å². The second-order valence-corrected chi connectivity index (χ2v) is 5.07. The average Bonchev–Trinajstić information content (AvgIpc) is 2.87. The van der Waals surface area contributed by atoms with E-state index in [1.165, 1.54) is 11.3 Å². The van der Waals surface area contributed by atoms with Gasteiger partial charge in [-0.3, -0.25) is 0 Å². The van der Waals surface area contributed by atoms with E-state index in [0.717, 1.165) is 21.9 Å². The highest BCUT2D eigenvalue weighted by atomic mass is 32.1. The summed E-state index contributed by atoms with van der Waals surface area (Å²) in [6.07, 6.45) is 1.78. The second kappa shape index (κ2) is 5.12. The van der Waals surface area contributed by atoms with Crippen LogP contribution < -0.4 is 10.5 Å². The molecule has 0 spiro atoms. The molecule has 1 heterocycles. The topological polar surface area (TPSA) is 48.1 Å². The molecule has 3 rings (SSSR count). The number of hydrogen-bond acceptors (Lipinski definition) is 4. The number of nitrogen functional groups attached to an aromatic ring is 1. The molecular formula is C15H12N2OS. The standard InChI is InChI=1S/C15H12N2OS/c16-15-17-10-14(19-15)11-5-4-8-13(9-11)18-12-6-2-1-3-7-12/h1-10H,(H2,16,17). The van der Waals surface area contributed by atoms with Gasteiger partial charge in [0.05, 0.1) is 4.88 Å². The van der Waals surface area contributed by atoms with E-state index in [1.54, 1.807) is 6.20 Å². The summed E-state index contributed by atoms with van der Waals surface area (Å²) < 4.78 is 5.80. The lowest BCUT2D eigenvalue weighted by molar-refractivity contribution is 0.483. The Bertz CT molecular complexity index is 679. The third kappa shape index (κ3) is 2.74. The molecule has 0 fully saturated rings. The number of para-hydroxylation sites is 1. The van der Waals surface area contributed by atoms with Crippen LogP contribution in [0.1, 0.15) is 0 Å². The van der Waals surface area contributed by atoms with E-state index in [1.807, 2.05) is 54.6 Å². The van der Waals surface area contributed by atoms with E-state index in [4.69, 9.17) is 10.5 Å². The van der Waals surface area contributed by atoms with Gasteiger partial charge in [-0.15, -0.1) is 0 Å². The Balaban J connectivity index is 1.88. The van der Waals surface area contributed by atoms with Crippen molar-refractivity contribution in [1.29, 1.82) is 0 Å². The second-order valence-electron chi connectivity index (χ2n) is 4.01. The van der Waals surface area contributed by atoms with Crippen molar-refractivity contribution in [1.82, 2.24) is 4.98 Å². The first-order valence-electron chi connectivity index (χ1n) is 5.86. The maximum Gasteiger partial charge on any atom is 0.180 e. The van der Waals surface area contributed by atoms with Gasteiger partial charge in [-0.05, 0) is 29.8 Å². The van der Waals surface area contributed by atoms with Crippen molar-refractivity contribution in [3.05, 3.63) is 60.8 Å². The lowest BCUT2D eigenvalue weighted by Gasteiger charge is -2.06. The summed E-state index contributed by atoms with van der Waals surface area (Å²) in [5.74, 6) is 1.62. The number of nitrogens with zero attached hydrogens (tertiary/aromatic N) is 1. The Hall–Kier alpha value is -2.33. The normalized spacial score (nSPS) is 10.3. The smallest absolute Gasteiger partial charge is 0.180 e. The molecule has 0 saturated carbocycles. The molecule has 0 bridgehead atoms. The zero-order valence-electron chi connectivity index (χ0n) is 10.1. The SMILES string of the molecule is Nc1ncc(-c2cccc(Oc3ccccc3)c2)s1. The van der Waals surface area contributed by atoms with Gasteiger partial charge in [0.1, 0.15) is 11.5 Å². The lowest BCUT2D eigenvalue weighted by atomic mass is 10.2. The first-order valence-corrected chi connectivity index (χ1v) is 6.67. The van der Waals surface area contributed by atoms with Gasteiger partial charge in [0.25, 0.3) is 0 Å². The Morgan fingerprint density at radius 2 is 1.74 bits per heavy atom. The molecule has 19 heavy (non-hydrogen) atoms. The summed E-state index contributed by atoms with van der Waals surface area (Å²) in [4.78, 5) is 5.10. The van der Waals surface area contributed by atoms with E-state index in [9.17, 15) is 0 Å². The van der Waals surface area contributed by atoms with Crippen LogP contribution in [0.5, 0.6) is 11.5 Å². The minimum atomic E-state index is 0.574. The highest BCUT2D eigenvalue weighted by Crippen LogP contribution is 2.31. The lowest BCUT2D eigenvalue weighted by Crippen LogP contribution is -1.83. The molecule has 2 aromatic carbocycles. The Labute approximate surface area is 115 Å². The third-order valence-electron chi connectivity index (χ3n) is 2.62. The van der Waals surface area contributed by atoms with Gasteiger partial charge in [-0.1, -0.05) is 41.7 Å². The zero-order chi connectivity index (χ0) is 13.1. The predicted molar refractivity (Wildman–Crippen MR) is 78.5 cm³/mol. The average molecular weight is 268 g/mol. The number of aromatic nitrogens is 1. The van der Waals surface area contributed by atoms with Crippen molar-refractivity contribution in [2.45, 2.75) is 0 Å². The molecule has 0 unspecified atom stereocenters. The monoisotopic (exact) mass is 268 g/mol. The van der Waals surface area contributed by atoms with Crippen LogP contribution in [0, 0.1) is 0 Å². The number of ether oxygens (including phenoxy) is 1. The Kier molecular flexibility index (Phi) is 3.16. The van der Waals surface area contributed by atoms with E-state index in [2.05, 4.69) is 4.98 Å². The van der Waals surface area contributed by atoms with Gasteiger partial charge in [-0.2, -0.15) is 0 Å². The molecule has 2 N–H and O–H groups in total. The first-order chi connectivity index (χ1) is 9.31. The fourth-order valence-electron chi connectivity index (χ4n) is 1.76. The van der Waals surface area contributed by atoms with E-state index < -0.39 is 0 Å². The maximum absolute atomic E-state index is 5.80. The molecule has 0 saturated heterocycles.